The van der Waals surface area contributed by atoms with Crippen molar-refractivity contribution in [3.63, 3.8) is 0 Å². The molecule has 0 unspecified atom stereocenters. The number of aromatic carboxylic acids is 1. The standard InChI is InChI=1S/C21H18FNO6S/c22-15-4-3-5-18(14-15)30(26,27)23-16-8-10-17(11-9-16)28-12-13-29-20-7-2-1-6-19(20)21(24)25/h1-11,14,23H,12-13H2,(H,24,25). The number of carboxylic acid groups (broad SMARTS) is 1. The molecular formula is C21H18FNO6S. The van der Waals surface area contributed by atoms with Crippen molar-refractivity contribution in [1.82, 2.24) is 0 Å². The highest BCUT2D eigenvalue weighted by atomic mass is 32.2. The average molecular weight is 431 g/mol. The van der Waals surface area contributed by atoms with Crippen LogP contribution in [0.25, 0.3) is 0 Å². The Kier molecular flexibility index (Phi) is 6.53. The Morgan fingerprint density at radius 3 is 2.33 bits per heavy atom. The third-order valence-corrected chi connectivity index (χ3v) is 5.32. The molecule has 0 spiro atoms. The molecule has 0 saturated heterocycles. The van der Waals surface area contributed by atoms with Crippen LogP contribution in [0, 0.1) is 5.82 Å². The van der Waals surface area contributed by atoms with E-state index in [1.54, 1.807) is 30.3 Å². The van der Waals surface area contributed by atoms with E-state index in [9.17, 15) is 17.6 Å². The fraction of sp³-hybridized carbons (Fsp3) is 0.0952. The summed E-state index contributed by atoms with van der Waals surface area (Å²) in [6, 6.07) is 17.1. The molecule has 3 aromatic carbocycles. The summed E-state index contributed by atoms with van der Waals surface area (Å²) in [4.78, 5) is 11.0. The Hall–Kier alpha value is -3.59. The molecule has 156 valence electrons. The molecule has 7 nitrogen and oxygen atoms in total. The smallest absolute Gasteiger partial charge is 0.339 e. The van der Waals surface area contributed by atoms with Crippen molar-refractivity contribution in [2.75, 3.05) is 17.9 Å². The Labute approximate surface area is 172 Å². The molecule has 0 aliphatic rings. The Bertz CT molecular complexity index is 1130. The first-order valence-corrected chi connectivity index (χ1v) is 10.3. The van der Waals surface area contributed by atoms with Crippen LogP contribution in [0.15, 0.2) is 77.7 Å². The number of hydrogen-bond donors (Lipinski definition) is 2. The van der Waals surface area contributed by atoms with Gasteiger partial charge in [-0.25, -0.2) is 17.6 Å². The minimum Gasteiger partial charge on any atom is -0.490 e. The van der Waals surface area contributed by atoms with E-state index in [0.717, 1.165) is 12.1 Å². The maximum Gasteiger partial charge on any atom is 0.339 e. The number of nitrogens with one attached hydrogen (secondary N) is 1. The molecular weight excluding hydrogens is 413 g/mol. The van der Waals surface area contributed by atoms with E-state index in [1.165, 1.54) is 30.3 Å². The molecule has 0 aliphatic carbocycles. The van der Waals surface area contributed by atoms with Crippen LogP contribution in [0.2, 0.25) is 0 Å². The molecule has 0 radical (unpaired) electrons. The first-order valence-electron chi connectivity index (χ1n) is 8.81. The highest BCUT2D eigenvalue weighted by Gasteiger charge is 2.15. The van der Waals surface area contributed by atoms with Crippen molar-refractivity contribution in [3.05, 3.63) is 84.2 Å². The topological polar surface area (TPSA) is 102 Å². The largest absolute Gasteiger partial charge is 0.490 e. The van der Waals surface area contributed by atoms with Gasteiger partial charge in [0.1, 0.15) is 36.1 Å². The van der Waals surface area contributed by atoms with Crippen molar-refractivity contribution in [2.45, 2.75) is 4.90 Å². The second-order valence-electron chi connectivity index (χ2n) is 6.09. The maximum absolute atomic E-state index is 13.3. The number of sulfonamides is 1. The lowest BCUT2D eigenvalue weighted by atomic mass is 10.2. The van der Waals surface area contributed by atoms with Gasteiger partial charge in [0.05, 0.1) is 4.90 Å². The summed E-state index contributed by atoms with van der Waals surface area (Å²) in [6.07, 6.45) is 0. The highest BCUT2D eigenvalue weighted by molar-refractivity contribution is 7.92. The lowest BCUT2D eigenvalue weighted by Crippen LogP contribution is -2.13. The lowest BCUT2D eigenvalue weighted by Gasteiger charge is -2.11. The second-order valence-corrected chi connectivity index (χ2v) is 7.77. The van der Waals surface area contributed by atoms with Gasteiger partial charge in [0.15, 0.2) is 0 Å². The highest BCUT2D eigenvalue weighted by Crippen LogP contribution is 2.21. The van der Waals surface area contributed by atoms with Crippen LogP contribution in [0.5, 0.6) is 11.5 Å². The molecule has 9 heteroatoms. The molecule has 0 aromatic heterocycles. The van der Waals surface area contributed by atoms with E-state index in [2.05, 4.69) is 4.72 Å². The van der Waals surface area contributed by atoms with Crippen molar-refractivity contribution in [3.8, 4) is 11.5 Å². The van der Waals surface area contributed by atoms with Crippen LogP contribution >= 0.6 is 0 Å². The van der Waals surface area contributed by atoms with E-state index < -0.39 is 21.8 Å². The second kappa shape index (κ2) is 9.27. The summed E-state index contributed by atoms with van der Waals surface area (Å²) >= 11 is 0. The number of hydrogen-bond acceptors (Lipinski definition) is 5. The fourth-order valence-corrected chi connectivity index (χ4v) is 3.64. The van der Waals surface area contributed by atoms with E-state index in [0.29, 0.717) is 11.4 Å². The maximum atomic E-state index is 13.3. The van der Waals surface area contributed by atoms with Gasteiger partial charge in [-0.05, 0) is 54.6 Å². The van der Waals surface area contributed by atoms with Gasteiger partial charge in [-0.3, -0.25) is 4.72 Å². The third kappa shape index (κ3) is 5.48. The third-order valence-electron chi connectivity index (χ3n) is 3.94. The zero-order chi connectivity index (χ0) is 21.6. The molecule has 3 aromatic rings. The van der Waals surface area contributed by atoms with Crippen LogP contribution in [-0.4, -0.2) is 32.7 Å². The normalized spacial score (nSPS) is 11.0. The molecule has 0 heterocycles. The molecule has 2 N–H and O–H groups in total. The average Bonchev–Trinajstić information content (AvgIpc) is 2.72. The van der Waals surface area contributed by atoms with E-state index >= 15 is 0 Å². The zero-order valence-corrected chi connectivity index (χ0v) is 16.4. The van der Waals surface area contributed by atoms with Crippen molar-refractivity contribution < 1.29 is 32.2 Å². The predicted octanol–water partition coefficient (Wildman–Crippen LogP) is 3.78. The van der Waals surface area contributed by atoms with Crippen LogP contribution in [0.4, 0.5) is 10.1 Å². The summed E-state index contributed by atoms with van der Waals surface area (Å²) in [5.41, 5.74) is 0.352. The predicted molar refractivity (Wildman–Crippen MR) is 108 cm³/mol. The van der Waals surface area contributed by atoms with Gasteiger partial charge in [-0.15, -0.1) is 0 Å². The van der Waals surface area contributed by atoms with Gasteiger partial charge in [0, 0.05) is 5.69 Å². The molecule has 0 fully saturated rings. The van der Waals surface area contributed by atoms with Crippen LogP contribution in [0.1, 0.15) is 10.4 Å². The summed E-state index contributed by atoms with van der Waals surface area (Å²) in [6.45, 7) is 0.278. The van der Waals surface area contributed by atoms with Crippen molar-refractivity contribution in [2.24, 2.45) is 0 Å². The molecule has 30 heavy (non-hydrogen) atoms. The number of benzene rings is 3. The minimum absolute atomic E-state index is 0.0624. The first kappa shape index (κ1) is 21.1. The molecule has 0 bridgehead atoms. The Morgan fingerprint density at radius 2 is 1.63 bits per heavy atom. The van der Waals surface area contributed by atoms with Gasteiger partial charge in [-0.1, -0.05) is 18.2 Å². The van der Waals surface area contributed by atoms with Crippen molar-refractivity contribution >= 4 is 21.7 Å². The summed E-state index contributed by atoms with van der Waals surface area (Å²) in [5, 5.41) is 9.11. The van der Waals surface area contributed by atoms with Crippen molar-refractivity contribution in [1.29, 1.82) is 0 Å². The van der Waals surface area contributed by atoms with E-state index in [4.69, 9.17) is 14.6 Å². The number of anilines is 1. The Morgan fingerprint density at radius 1 is 0.933 bits per heavy atom. The number of rotatable bonds is 9. The summed E-state index contributed by atoms with van der Waals surface area (Å²) in [5.74, 6) is -1.01. The van der Waals surface area contributed by atoms with Gasteiger partial charge >= 0.3 is 5.97 Å². The van der Waals surface area contributed by atoms with Gasteiger partial charge in [0.25, 0.3) is 10.0 Å². The van der Waals surface area contributed by atoms with Gasteiger partial charge in [0.2, 0.25) is 0 Å². The zero-order valence-electron chi connectivity index (χ0n) is 15.6. The Balaban J connectivity index is 1.53. The number of para-hydroxylation sites is 1. The van der Waals surface area contributed by atoms with E-state index in [-0.39, 0.29) is 29.4 Å². The summed E-state index contributed by atoms with van der Waals surface area (Å²) < 4.78 is 51.2. The molecule has 0 atom stereocenters. The molecule has 0 amide bonds. The first-order chi connectivity index (χ1) is 14.3. The number of halogens is 1. The monoisotopic (exact) mass is 431 g/mol. The fourth-order valence-electron chi connectivity index (χ4n) is 2.55. The van der Waals surface area contributed by atoms with Crippen LogP contribution in [0.3, 0.4) is 0 Å². The molecule has 0 aliphatic heterocycles. The SMILES string of the molecule is O=C(O)c1ccccc1OCCOc1ccc(NS(=O)(=O)c2cccc(F)c2)cc1. The lowest BCUT2D eigenvalue weighted by molar-refractivity contribution is 0.0691. The molecule has 3 rings (SSSR count). The minimum atomic E-state index is -3.91. The number of carbonyl (C=O) groups is 1. The number of ether oxygens (including phenoxy) is 2. The van der Waals surface area contributed by atoms with Crippen LogP contribution in [-0.2, 0) is 10.0 Å². The molecule has 0 saturated carbocycles. The van der Waals surface area contributed by atoms with Gasteiger partial charge < -0.3 is 14.6 Å². The van der Waals surface area contributed by atoms with Gasteiger partial charge in [-0.2, -0.15) is 0 Å². The van der Waals surface area contributed by atoms with Crippen LogP contribution < -0.4 is 14.2 Å². The number of carboxylic acids is 1. The summed E-state index contributed by atoms with van der Waals surface area (Å²) in [7, 11) is -3.91. The quantitative estimate of drug-likeness (QED) is 0.500. The van der Waals surface area contributed by atoms with E-state index in [1.807, 2.05) is 0 Å².